The van der Waals surface area contributed by atoms with Gasteiger partial charge in [0.1, 0.15) is 24.9 Å². The molecule has 0 saturated carbocycles. The summed E-state index contributed by atoms with van der Waals surface area (Å²) in [7, 11) is 1.24. The van der Waals surface area contributed by atoms with Gasteiger partial charge in [-0.3, -0.25) is 14.4 Å². The minimum atomic E-state index is -1.21. The van der Waals surface area contributed by atoms with Crippen molar-refractivity contribution in [1.29, 1.82) is 0 Å². The number of carboxylic acid groups (broad SMARTS) is 1. The van der Waals surface area contributed by atoms with Crippen molar-refractivity contribution in [3.05, 3.63) is 47.0 Å². The number of carboxylic acids is 1. The van der Waals surface area contributed by atoms with E-state index in [9.17, 15) is 24.3 Å². The fraction of sp³-hybridized carbons (Fsp3) is 0.300. The molecule has 0 spiro atoms. The van der Waals surface area contributed by atoms with E-state index in [0.717, 1.165) is 16.9 Å². The maximum absolute atomic E-state index is 12.8. The molecule has 0 aliphatic heterocycles. The van der Waals surface area contributed by atoms with E-state index < -0.39 is 29.9 Å². The fourth-order valence-corrected chi connectivity index (χ4v) is 3.65. The van der Waals surface area contributed by atoms with E-state index in [4.69, 9.17) is 4.84 Å². The molecular weight excluding hydrogens is 470 g/mol. The van der Waals surface area contributed by atoms with E-state index in [2.05, 4.69) is 38.7 Å². The number of amides is 3. The largest absolute Gasteiger partial charge is 0.480 e. The van der Waals surface area contributed by atoms with Crippen LogP contribution in [0.15, 0.2) is 40.9 Å². The zero-order valence-electron chi connectivity index (χ0n) is 17.6. The van der Waals surface area contributed by atoms with Crippen molar-refractivity contribution in [2.75, 3.05) is 18.2 Å². The average molecular weight is 494 g/mol. The van der Waals surface area contributed by atoms with Gasteiger partial charge in [0.25, 0.3) is 5.91 Å². The van der Waals surface area contributed by atoms with Crippen molar-refractivity contribution in [1.82, 2.24) is 15.6 Å². The van der Waals surface area contributed by atoms with Gasteiger partial charge in [-0.05, 0) is 17.7 Å². The van der Waals surface area contributed by atoms with E-state index in [1.807, 2.05) is 0 Å². The van der Waals surface area contributed by atoms with Crippen LogP contribution in [-0.4, -0.2) is 64.9 Å². The number of oxime groups is 1. The highest BCUT2D eigenvalue weighted by Crippen LogP contribution is 2.16. The molecule has 2 atom stereocenters. The van der Waals surface area contributed by atoms with Gasteiger partial charge in [-0.2, -0.15) is 12.6 Å². The number of nitrogens with one attached hydrogen (secondary N) is 3. The average Bonchev–Trinajstić information content (AvgIpc) is 3.25. The van der Waals surface area contributed by atoms with Crippen LogP contribution in [-0.2, 0) is 30.4 Å². The van der Waals surface area contributed by atoms with Crippen LogP contribution in [0.3, 0.4) is 0 Å². The first kappa shape index (κ1) is 25.8. The summed E-state index contributed by atoms with van der Waals surface area (Å²) in [5, 5.41) is 22.3. The molecule has 0 aliphatic carbocycles. The molecule has 2 rings (SSSR count). The Hall–Kier alpha value is -3.45. The van der Waals surface area contributed by atoms with Gasteiger partial charge >= 0.3 is 5.97 Å². The van der Waals surface area contributed by atoms with Gasteiger partial charge in [-0.15, -0.1) is 11.3 Å². The van der Waals surface area contributed by atoms with Crippen molar-refractivity contribution < 1.29 is 29.1 Å². The first-order valence-corrected chi connectivity index (χ1v) is 11.2. The number of hydrogen-bond acceptors (Lipinski definition) is 9. The lowest BCUT2D eigenvalue weighted by Gasteiger charge is -2.21. The molecule has 0 radical (unpaired) electrons. The number of hydrogen-bond donors (Lipinski definition) is 5. The molecule has 13 heteroatoms. The molecule has 176 valence electrons. The number of thiazole rings is 1. The van der Waals surface area contributed by atoms with Crippen molar-refractivity contribution >= 4 is 59.0 Å². The summed E-state index contributed by atoms with van der Waals surface area (Å²) in [4.78, 5) is 56.7. The topological polar surface area (TPSA) is 159 Å². The van der Waals surface area contributed by atoms with Crippen LogP contribution in [0.1, 0.15) is 17.7 Å². The van der Waals surface area contributed by atoms with E-state index in [1.54, 1.807) is 30.3 Å². The molecule has 1 unspecified atom stereocenters. The summed E-state index contributed by atoms with van der Waals surface area (Å²) in [6.45, 7) is 0. The SMILES string of the molecule is CO/N=C(/C(=O)NC(CCS)C(=O)N[C@H](Cc1ccccc1)C(=O)O)c1csc(NC=O)n1. The highest BCUT2D eigenvalue weighted by Gasteiger charge is 2.28. The molecule has 33 heavy (non-hydrogen) atoms. The van der Waals surface area contributed by atoms with Crippen LogP contribution in [0.5, 0.6) is 0 Å². The van der Waals surface area contributed by atoms with Crippen molar-refractivity contribution in [2.45, 2.75) is 24.9 Å². The smallest absolute Gasteiger partial charge is 0.326 e. The van der Waals surface area contributed by atoms with Crippen LogP contribution >= 0.6 is 24.0 Å². The third-order valence-corrected chi connectivity index (χ3v) is 5.30. The number of aromatic nitrogens is 1. The monoisotopic (exact) mass is 493 g/mol. The molecule has 0 saturated heterocycles. The first-order valence-electron chi connectivity index (χ1n) is 9.65. The van der Waals surface area contributed by atoms with Crippen molar-refractivity contribution in [3.63, 3.8) is 0 Å². The third-order valence-electron chi connectivity index (χ3n) is 4.26. The van der Waals surface area contributed by atoms with Crippen molar-refractivity contribution in [3.8, 4) is 0 Å². The molecule has 0 fully saturated rings. The fourth-order valence-electron chi connectivity index (χ4n) is 2.74. The maximum Gasteiger partial charge on any atom is 0.326 e. The number of benzene rings is 1. The van der Waals surface area contributed by atoms with Gasteiger partial charge in [-0.1, -0.05) is 35.5 Å². The number of rotatable bonds is 13. The first-order chi connectivity index (χ1) is 15.9. The van der Waals surface area contributed by atoms with E-state index in [1.165, 1.54) is 12.5 Å². The van der Waals surface area contributed by atoms with Gasteiger partial charge in [-0.25, -0.2) is 9.78 Å². The molecule has 1 aromatic carbocycles. The lowest BCUT2D eigenvalue weighted by atomic mass is 10.1. The number of thiol groups is 1. The number of carbonyl (C=O) groups excluding carboxylic acids is 3. The summed E-state index contributed by atoms with van der Waals surface area (Å²) >= 11 is 5.19. The number of carbonyl (C=O) groups is 4. The third kappa shape index (κ3) is 7.88. The predicted octanol–water partition coefficient (Wildman–Crippen LogP) is 0.679. The van der Waals surface area contributed by atoms with E-state index in [0.29, 0.717) is 6.41 Å². The Morgan fingerprint density at radius 1 is 1.24 bits per heavy atom. The molecule has 1 aromatic heterocycles. The number of anilines is 1. The molecule has 4 N–H and O–H groups in total. The second kappa shape index (κ2) is 13.2. The normalized spacial score (nSPS) is 12.8. The zero-order chi connectivity index (χ0) is 24.2. The van der Waals surface area contributed by atoms with Crippen LogP contribution in [0.2, 0.25) is 0 Å². The lowest BCUT2D eigenvalue weighted by molar-refractivity contribution is -0.142. The lowest BCUT2D eigenvalue weighted by Crippen LogP contribution is -2.53. The Kier molecular flexibility index (Phi) is 10.3. The van der Waals surface area contributed by atoms with E-state index in [-0.39, 0.29) is 35.1 Å². The van der Waals surface area contributed by atoms with Gasteiger partial charge in [0.2, 0.25) is 12.3 Å². The van der Waals surface area contributed by atoms with Gasteiger partial charge in [0.15, 0.2) is 10.8 Å². The number of aliphatic carboxylic acids is 1. The summed E-state index contributed by atoms with van der Waals surface area (Å²) < 4.78 is 0. The van der Waals surface area contributed by atoms with Crippen LogP contribution < -0.4 is 16.0 Å². The molecule has 0 bridgehead atoms. The van der Waals surface area contributed by atoms with Gasteiger partial charge in [0, 0.05) is 11.8 Å². The summed E-state index contributed by atoms with van der Waals surface area (Å²) in [5.74, 6) is -2.41. The molecule has 3 amide bonds. The minimum Gasteiger partial charge on any atom is -0.480 e. The highest BCUT2D eigenvalue weighted by atomic mass is 32.1. The second-order valence-electron chi connectivity index (χ2n) is 6.55. The van der Waals surface area contributed by atoms with Crippen molar-refractivity contribution in [2.24, 2.45) is 5.16 Å². The summed E-state index contributed by atoms with van der Waals surface area (Å²) in [5.41, 5.74) is 0.641. The van der Waals surface area contributed by atoms with E-state index >= 15 is 0 Å². The molecule has 1 heterocycles. The second-order valence-corrected chi connectivity index (χ2v) is 7.86. The number of nitrogens with zero attached hydrogens (tertiary/aromatic N) is 2. The predicted molar refractivity (Wildman–Crippen MR) is 125 cm³/mol. The van der Waals surface area contributed by atoms with Crippen LogP contribution in [0, 0.1) is 0 Å². The summed E-state index contributed by atoms with van der Waals surface area (Å²) in [6.07, 6.45) is 0.649. The zero-order valence-corrected chi connectivity index (χ0v) is 19.3. The molecule has 0 aliphatic rings. The molecule has 11 nitrogen and oxygen atoms in total. The Morgan fingerprint density at radius 3 is 2.58 bits per heavy atom. The van der Waals surface area contributed by atoms with Crippen LogP contribution in [0.25, 0.3) is 0 Å². The van der Waals surface area contributed by atoms with Gasteiger partial charge in [0.05, 0.1) is 0 Å². The minimum absolute atomic E-state index is 0.0746. The molecule has 2 aromatic rings. The van der Waals surface area contributed by atoms with Gasteiger partial charge < -0.3 is 25.9 Å². The molecular formula is C20H23N5O6S2. The Labute approximate surface area is 199 Å². The summed E-state index contributed by atoms with van der Waals surface area (Å²) in [6, 6.07) is 6.57. The quantitative estimate of drug-likeness (QED) is 0.119. The maximum atomic E-state index is 12.8. The Balaban J connectivity index is 2.14. The Morgan fingerprint density at radius 2 is 1.97 bits per heavy atom. The Bertz CT molecular complexity index is 998. The van der Waals surface area contributed by atoms with Crippen LogP contribution in [0.4, 0.5) is 5.13 Å². The highest BCUT2D eigenvalue weighted by molar-refractivity contribution is 7.80. The standard InChI is InChI=1S/C20H23N5O6S2/c1-31-25-16(15-10-33-20(24-15)21-11-26)18(28)22-13(7-8-32)17(27)23-14(19(29)30)9-12-5-3-2-4-6-12/h2-6,10-11,13-14,32H,7-9H2,1H3,(H,22,28)(H,23,27)(H,29,30)(H,21,24,26)/b25-16+/t13?,14-/m1/s1.